The Bertz CT molecular complexity index is 1210. The van der Waals surface area contributed by atoms with Gasteiger partial charge in [-0.1, -0.05) is 36.4 Å². The number of rotatable bonds is 7. The van der Waals surface area contributed by atoms with Crippen LogP contribution in [0.25, 0.3) is 0 Å². The van der Waals surface area contributed by atoms with E-state index in [1.807, 2.05) is 48.5 Å². The third-order valence-corrected chi connectivity index (χ3v) is 5.39. The summed E-state index contributed by atoms with van der Waals surface area (Å²) in [6, 6.07) is 19.0. The highest BCUT2D eigenvalue weighted by Gasteiger charge is 2.35. The number of nitrogens with zero attached hydrogens (tertiary/aromatic N) is 1. The molecular formula is C25H22FN3O3. The van der Waals surface area contributed by atoms with Crippen molar-refractivity contribution in [2.24, 2.45) is 10.7 Å². The lowest BCUT2D eigenvalue weighted by molar-refractivity contribution is -0.137. The molecule has 0 saturated carbocycles. The van der Waals surface area contributed by atoms with Gasteiger partial charge in [0, 0.05) is 18.7 Å². The lowest BCUT2D eigenvalue weighted by Crippen LogP contribution is -2.22. The van der Waals surface area contributed by atoms with Gasteiger partial charge in [-0.2, -0.15) is 0 Å². The van der Waals surface area contributed by atoms with Gasteiger partial charge in [0.05, 0.1) is 11.4 Å². The molecule has 0 radical (unpaired) electrons. The van der Waals surface area contributed by atoms with E-state index in [0.29, 0.717) is 41.2 Å². The number of carbonyl (C=O) groups excluding carboxylic acids is 1. The van der Waals surface area contributed by atoms with E-state index in [2.05, 4.69) is 5.32 Å². The highest BCUT2D eigenvalue weighted by molar-refractivity contribution is 6.24. The number of aliphatic carboxylic acids is 1. The number of aliphatic imine (C=N–C) groups is 1. The van der Waals surface area contributed by atoms with E-state index in [1.54, 1.807) is 6.07 Å². The maximum Gasteiger partial charge on any atom is 0.303 e. The molecule has 1 unspecified atom stereocenters. The van der Waals surface area contributed by atoms with E-state index in [9.17, 15) is 14.0 Å². The third-order valence-electron chi connectivity index (χ3n) is 5.39. The topological polar surface area (TPSA) is 105 Å². The van der Waals surface area contributed by atoms with Gasteiger partial charge in [0.2, 0.25) is 5.91 Å². The minimum atomic E-state index is -0.879. The molecule has 1 atom stereocenters. The van der Waals surface area contributed by atoms with Crippen molar-refractivity contribution in [2.45, 2.75) is 25.3 Å². The average Bonchev–Trinajstić information content (AvgIpc) is 3.11. The Labute approximate surface area is 184 Å². The Hall–Kier alpha value is -3.84. The van der Waals surface area contributed by atoms with Crippen LogP contribution in [0.2, 0.25) is 0 Å². The Morgan fingerprint density at radius 2 is 1.84 bits per heavy atom. The zero-order valence-corrected chi connectivity index (χ0v) is 17.2. The van der Waals surface area contributed by atoms with Crippen LogP contribution in [0.15, 0.2) is 71.7 Å². The zero-order valence-electron chi connectivity index (χ0n) is 17.2. The van der Waals surface area contributed by atoms with Crippen LogP contribution in [-0.4, -0.2) is 22.7 Å². The number of hydrogen-bond donors (Lipinski definition) is 3. The number of carboxylic acid groups (broad SMARTS) is 1. The van der Waals surface area contributed by atoms with Gasteiger partial charge in [0.15, 0.2) is 0 Å². The average molecular weight is 431 g/mol. The van der Waals surface area contributed by atoms with Crippen LogP contribution in [-0.2, 0) is 22.6 Å². The van der Waals surface area contributed by atoms with Crippen LogP contribution < -0.4 is 11.1 Å². The van der Waals surface area contributed by atoms with E-state index >= 15 is 0 Å². The Balaban J connectivity index is 1.81. The van der Waals surface area contributed by atoms with Gasteiger partial charge in [0.1, 0.15) is 11.7 Å². The van der Waals surface area contributed by atoms with Crippen molar-refractivity contribution in [3.63, 3.8) is 0 Å². The van der Waals surface area contributed by atoms with Gasteiger partial charge >= 0.3 is 5.97 Å². The molecule has 1 aliphatic rings. The number of fused-ring (bicyclic) bond motifs is 1. The quantitative estimate of drug-likeness (QED) is 0.489. The highest BCUT2D eigenvalue weighted by atomic mass is 19.1. The van der Waals surface area contributed by atoms with Gasteiger partial charge in [0.25, 0.3) is 0 Å². The predicted octanol–water partition coefficient (Wildman–Crippen LogP) is 4.16. The molecule has 0 aliphatic carbocycles. The number of carboxylic acids is 1. The molecule has 3 aromatic rings. The number of nitrogens with two attached hydrogens (primary N) is 1. The molecule has 162 valence electrons. The number of aryl methyl sites for hydroxylation is 1. The molecule has 1 heterocycles. The number of hydrogen-bond acceptors (Lipinski definition) is 4. The fraction of sp³-hybridized carbons (Fsp3) is 0.160. The van der Waals surface area contributed by atoms with Crippen LogP contribution in [0.4, 0.5) is 15.8 Å². The molecule has 0 bridgehead atoms. The van der Waals surface area contributed by atoms with Crippen molar-refractivity contribution in [3.8, 4) is 0 Å². The Morgan fingerprint density at radius 1 is 1.06 bits per heavy atom. The summed E-state index contributed by atoms with van der Waals surface area (Å²) < 4.78 is 13.7. The summed E-state index contributed by atoms with van der Waals surface area (Å²) in [4.78, 5) is 28.7. The zero-order chi connectivity index (χ0) is 22.7. The monoisotopic (exact) mass is 431 g/mol. The smallest absolute Gasteiger partial charge is 0.303 e. The molecule has 0 spiro atoms. The summed E-state index contributed by atoms with van der Waals surface area (Å²) in [5.41, 5.74) is 10.4. The second kappa shape index (κ2) is 9.11. The van der Waals surface area contributed by atoms with Gasteiger partial charge in [-0.25, -0.2) is 4.39 Å². The van der Waals surface area contributed by atoms with Crippen molar-refractivity contribution in [3.05, 3.63) is 94.8 Å². The van der Waals surface area contributed by atoms with Crippen LogP contribution in [0.1, 0.15) is 34.6 Å². The van der Waals surface area contributed by atoms with E-state index in [4.69, 9.17) is 15.8 Å². The molecule has 32 heavy (non-hydrogen) atoms. The van der Waals surface area contributed by atoms with E-state index < -0.39 is 17.7 Å². The lowest BCUT2D eigenvalue weighted by Gasteiger charge is -2.15. The number of amides is 1. The molecule has 3 aromatic carbocycles. The lowest BCUT2D eigenvalue weighted by atomic mass is 9.89. The number of anilines is 1. The van der Waals surface area contributed by atoms with Crippen molar-refractivity contribution in [2.75, 3.05) is 5.32 Å². The van der Waals surface area contributed by atoms with Gasteiger partial charge in [-0.15, -0.1) is 0 Å². The summed E-state index contributed by atoms with van der Waals surface area (Å²) in [5.74, 6) is -2.33. The molecule has 0 aromatic heterocycles. The molecule has 1 amide bonds. The molecule has 0 fully saturated rings. The highest BCUT2D eigenvalue weighted by Crippen LogP contribution is 2.37. The van der Waals surface area contributed by atoms with E-state index in [-0.39, 0.29) is 12.3 Å². The number of carbonyl (C=O) groups is 2. The normalized spacial score (nSPS) is 15.4. The SMILES string of the molecule is NCc1ccc(N=C(c2cccc(CCC(=O)O)c2)C2C(=O)Nc3cc(F)ccc32)cc1. The van der Waals surface area contributed by atoms with Gasteiger partial charge in [-0.05, 0) is 59.0 Å². The Morgan fingerprint density at radius 3 is 2.56 bits per heavy atom. The van der Waals surface area contributed by atoms with Crippen molar-refractivity contribution in [1.29, 1.82) is 0 Å². The second-order valence-corrected chi connectivity index (χ2v) is 7.62. The first-order valence-corrected chi connectivity index (χ1v) is 10.2. The molecule has 0 saturated heterocycles. The largest absolute Gasteiger partial charge is 0.481 e. The van der Waals surface area contributed by atoms with Gasteiger partial charge in [-0.3, -0.25) is 14.6 Å². The van der Waals surface area contributed by atoms with Crippen LogP contribution >= 0.6 is 0 Å². The molecule has 7 heteroatoms. The number of halogens is 1. The van der Waals surface area contributed by atoms with E-state index in [0.717, 1.165) is 11.1 Å². The van der Waals surface area contributed by atoms with Crippen LogP contribution in [0, 0.1) is 5.82 Å². The van der Waals surface area contributed by atoms with E-state index in [1.165, 1.54) is 12.1 Å². The van der Waals surface area contributed by atoms with Gasteiger partial charge < -0.3 is 16.2 Å². The molecule has 1 aliphatic heterocycles. The molecular weight excluding hydrogens is 409 g/mol. The molecule has 4 N–H and O–H groups in total. The van der Waals surface area contributed by atoms with Crippen LogP contribution in [0.5, 0.6) is 0 Å². The third kappa shape index (κ3) is 4.58. The van der Waals surface area contributed by atoms with Crippen molar-refractivity contribution in [1.82, 2.24) is 0 Å². The van der Waals surface area contributed by atoms with Crippen LogP contribution in [0.3, 0.4) is 0 Å². The minimum Gasteiger partial charge on any atom is -0.481 e. The predicted molar refractivity (Wildman–Crippen MR) is 121 cm³/mol. The Kier molecular flexibility index (Phi) is 6.09. The summed E-state index contributed by atoms with van der Waals surface area (Å²) >= 11 is 0. The maximum atomic E-state index is 13.7. The minimum absolute atomic E-state index is 0.00249. The van der Waals surface area contributed by atoms with Crippen molar-refractivity contribution < 1.29 is 19.1 Å². The fourth-order valence-corrected chi connectivity index (χ4v) is 3.78. The fourth-order valence-electron chi connectivity index (χ4n) is 3.78. The summed E-state index contributed by atoms with van der Waals surface area (Å²) in [6.45, 7) is 0.409. The first-order chi connectivity index (χ1) is 15.4. The number of nitrogens with one attached hydrogen (secondary N) is 1. The summed E-state index contributed by atoms with van der Waals surface area (Å²) in [7, 11) is 0. The summed E-state index contributed by atoms with van der Waals surface area (Å²) in [6.07, 6.45) is 0.364. The first kappa shape index (κ1) is 21.4. The molecule has 6 nitrogen and oxygen atoms in total. The molecule has 4 rings (SSSR count). The van der Waals surface area contributed by atoms with Crippen molar-refractivity contribution >= 4 is 29.0 Å². The second-order valence-electron chi connectivity index (χ2n) is 7.62. The maximum absolute atomic E-state index is 13.7. The standard InChI is InChI=1S/C25H22FN3O3/c26-18-7-10-20-21(13-18)29-25(32)23(20)24(28-19-8-4-16(14-27)5-9-19)17-3-1-2-15(12-17)6-11-22(30)31/h1-5,7-10,12-13,23H,6,11,14,27H2,(H,29,32)(H,30,31). The first-order valence-electron chi connectivity index (χ1n) is 10.2. The summed E-state index contributed by atoms with van der Waals surface area (Å²) in [5, 5.41) is 11.8. The number of benzene rings is 3.